The highest BCUT2D eigenvalue weighted by atomic mass is 19.1. The van der Waals surface area contributed by atoms with Crippen molar-refractivity contribution < 1.29 is 18.7 Å². The number of rotatable bonds is 2. The molecule has 1 aromatic carbocycles. The van der Waals surface area contributed by atoms with Crippen LogP contribution in [0.4, 0.5) is 14.5 Å². The van der Waals surface area contributed by atoms with Gasteiger partial charge in [0.15, 0.2) is 0 Å². The lowest BCUT2D eigenvalue weighted by Crippen LogP contribution is -2.46. The molecule has 0 aromatic heterocycles. The molecule has 1 aliphatic heterocycles. The minimum absolute atomic E-state index is 0.0420. The maximum Gasteiger partial charge on any atom is 0.341 e. The van der Waals surface area contributed by atoms with E-state index in [1.54, 1.807) is 12.1 Å². The molecule has 0 spiro atoms. The van der Waals surface area contributed by atoms with Crippen molar-refractivity contribution in [2.45, 2.75) is 18.5 Å². The number of carboxylic acid groups (broad SMARTS) is 1. The normalized spacial score (nSPS) is 19.1. The van der Waals surface area contributed by atoms with Gasteiger partial charge in [0.25, 0.3) is 0 Å². The highest BCUT2D eigenvalue weighted by molar-refractivity contribution is 5.77. The highest BCUT2D eigenvalue weighted by Crippen LogP contribution is 2.29. The first kappa shape index (κ1) is 11.8. The van der Waals surface area contributed by atoms with Crippen LogP contribution >= 0.6 is 0 Å². The quantitative estimate of drug-likeness (QED) is 0.863. The maximum absolute atomic E-state index is 13.8. The van der Waals surface area contributed by atoms with Crippen LogP contribution in [-0.4, -0.2) is 29.8 Å². The Morgan fingerprint density at radius 1 is 1.24 bits per heavy atom. The Balaban J connectivity index is 2.04. The number of hydrogen-bond acceptors (Lipinski definition) is 2. The van der Waals surface area contributed by atoms with Crippen LogP contribution in [0.2, 0.25) is 0 Å². The number of carboxylic acids is 1. The van der Waals surface area contributed by atoms with E-state index in [0.717, 1.165) is 5.69 Å². The van der Waals surface area contributed by atoms with E-state index in [0.29, 0.717) is 13.1 Å². The van der Waals surface area contributed by atoms with Gasteiger partial charge in [0.1, 0.15) is 5.82 Å². The van der Waals surface area contributed by atoms with Crippen molar-refractivity contribution in [3.05, 3.63) is 30.1 Å². The van der Waals surface area contributed by atoms with Gasteiger partial charge in [0.05, 0.1) is 0 Å². The lowest BCUT2D eigenvalue weighted by molar-refractivity contribution is -0.152. The summed E-state index contributed by atoms with van der Waals surface area (Å²) in [4.78, 5) is 12.6. The molecule has 92 valence electrons. The fraction of sp³-hybridized carbons (Fsp3) is 0.417. The van der Waals surface area contributed by atoms with Crippen LogP contribution in [-0.2, 0) is 4.79 Å². The van der Waals surface area contributed by atoms with Crippen molar-refractivity contribution in [1.82, 2.24) is 0 Å². The predicted molar refractivity (Wildman–Crippen MR) is 59.3 cm³/mol. The third-order valence-electron chi connectivity index (χ3n) is 3.13. The molecule has 0 aliphatic carbocycles. The second kappa shape index (κ2) is 4.31. The lowest BCUT2D eigenvalue weighted by Gasteiger charge is -2.35. The summed E-state index contributed by atoms with van der Waals surface area (Å²) >= 11 is 0. The van der Waals surface area contributed by atoms with Crippen LogP contribution in [0.25, 0.3) is 0 Å². The summed E-state index contributed by atoms with van der Waals surface area (Å²) in [6, 6.07) is 5.90. The molecule has 1 fully saturated rings. The Labute approximate surface area is 97.7 Å². The molecule has 0 atom stereocenters. The largest absolute Gasteiger partial charge is 0.479 e. The van der Waals surface area contributed by atoms with Crippen LogP contribution in [0.3, 0.4) is 0 Å². The number of alkyl halides is 1. The van der Waals surface area contributed by atoms with Gasteiger partial charge in [-0.25, -0.2) is 13.6 Å². The smallest absolute Gasteiger partial charge is 0.341 e. The van der Waals surface area contributed by atoms with Crippen molar-refractivity contribution in [2.24, 2.45) is 0 Å². The molecule has 0 radical (unpaired) electrons. The van der Waals surface area contributed by atoms with Crippen LogP contribution in [0, 0.1) is 5.82 Å². The molecule has 1 aliphatic rings. The van der Waals surface area contributed by atoms with E-state index < -0.39 is 11.6 Å². The minimum Gasteiger partial charge on any atom is -0.479 e. The van der Waals surface area contributed by atoms with Gasteiger partial charge in [-0.05, 0) is 24.3 Å². The summed E-state index contributed by atoms with van der Waals surface area (Å²) in [6.45, 7) is 0.656. The summed E-state index contributed by atoms with van der Waals surface area (Å²) < 4.78 is 26.5. The summed E-state index contributed by atoms with van der Waals surface area (Å²) in [5, 5.41) is 8.75. The third-order valence-corrected chi connectivity index (χ3v) is 3.13. The van der Waals surface area contributed by atoms with Gasteiger partial charge in [-0.2, -0.15) is 0 Å². The fourth-order valence-corrected chi connectivity index (χ4v) is 1.99. The minimum atomic E-state index is -2.11. The number of piperidine rings is 1. The zero-order chi connectivity index (χ0) is 12.5. The highest BCUT2D eigenvalue weighted by Gasteiger charge is 2.41. The van der Waals surface area contributed by atoms with Crippen LogP contribution in [0.15, 0.2) is 24.3 Å². The van der Waals surface area contributed by atoms with Gasteiger partial charge in [-0.3, -0.25) is 0 Å². The van der Waals surface area contributed by atoms with Gasteiger partial charge in [-0.15, -0.1) is 0 Å². The molecule has 2 rings (SSSR count). The average Bonchev–Trinajstić information content (AvgIpc) is 2.31. The van der Waals surface area contributed by atoms with Crippen molar-refractivity contribution in [1.29, 1.82) is 0 Å². The van der Waals surface area contributed by atoms with Gasteiger partial charge in [-0.1, -0.05) is 0 Å². The van der Waals surface area contributed by atoms with E-state index in [4.69, 9.17) is 5.11 Å². The zero-order valence-corrected chi connectivity index (χ0v) is 9.20. The van der Waals surface area contributed by atoms with E-state index >= 15 is 0 Å². The van der Waals surface area contributed by atoms with Crippen molar-refractivity contribution in [2.75, 3.05) is 18.0 Å². The molecule has 1 saturated heterocycles. The zero-order valence-electron chi connectivity index (χ0n) is 9.20. The third kappa shape index (κ3) is 2.38. The number of hydrogen-bond donors (Lipinski definition) is 1. The molecule has 0 unspecified atom stereocenters. The number of benzene rings is 1. The lowest BCUT2D eigenvalue weighted by atomic mass is 9.93. The summed E-state index contributed by atoms with van der Waals surface area (Å²) in [5.74, 6) is -1.72. The van der Waals surface area contributed by atoms with E-state index in [1.165, 1.54) is 12.1 Å². The Morgan fingerprint density at radius 2 is 1.76 bits per heavy atom. The molecular formula is C12H13F2NO2. The first-order chi connectivity index (χ1) is 8.01. The Kier molecular flexibility index (Phi) is 3.00. The number of halogens is 2. The fourth-order valence-electron chi connectivity index (χ4n) is 1.99. The predicted octanol–water partition coefficient (Wildman–Crippen LogP) is 2.22. The molecule has 1 N–H and O–H groups in total. The van der Waals surface area contributed by atoms with Gasteiger partial charge < -0.3 is 10.0 Å². The van der Waals surface area contributed by atoms with E-state index in [-0.39, 0.29) is 18.7 Å². The molecule has 1 heterocycles. The van der Waals surface area contributed by atoms with Gasteiger partial charge >= 0.3 is 5.97 Å². The average molecular weight is 241 g/mol. The van der Waals surface area contributed by atoms with E-state index in [1.807, 2.05) is 4.90 Å². The topological polar surface area (TPSA) is 40.5 Å². The number of carbonyl (C=O) groups is 1. The monoisotopic (exact) mass is 241 g/mol. The Bertz CT molecular complexity index is 411. The molecule has 17 heavy (non-hydrogen) atoms. The number of aliphatic carboxylic acids is 1. The van der Waals surface area contributed by atoms with Crippen LogP contribution < -0.4 is 4.90 Å². The molecule has 1 aromatic rings. The van der Waals surface area contributed by atoms with E-state index in [2.05, 4.69) is 0 Å². The number of nitrogens with zero attached hydrogens (tertiary/aromatic N) is 1. The Hall–Kier alpha value is -1.65. The first-order valence-electron chi connectivity index (χ1n) is 5.44. The molecule has 3 nitrogen and oxygen atoms in total. The summed E-state index contributed by atoms with van der Waals surface area (Å²) in [7, 11) is 0. The molecule has 0 amide bonds. The SMILES string of the molecule is O=C(O)C1(F)CCN(c2ccc(F)cc2)CC1. The standard InChI is InChI=1S/C12H13F2NO2/c13-9-1-3-10(4-2-9)15-7-5-12(14,6-8-15)11(16)17/h1-4H,5-8H2,(H,16,17). The van der Waals surface area contributed by atoms with Gasteiger partial charge in [0.2, 0.25) is 5.67 Å². The van der Waals surface area contributed by atoms with Crippen molar-refractivity contribution in [3.8, 4) is 0 Å². The number of anilines is 1. The van der Waals surface area contributed by atoms with Crippen LogP contribution in [0.1, 0.15) is 12.8 Å². The van der Waals surface area contributed by atoms with E-state index in [9.17, 15) is 13.6 Å². The molecule has 5 heteroatoms. The second-order valence-corrected chi connectivity index (χ2v) is 4.23. The van der Waals surface area contributed by atoms with Crippen molar-refractivity contribution >= 4 is 11.7 Å². The second-order valence-electron chi connectivity index (χ2n) is 4.23. The van der Waals surface area contributed by atoms with Gasteiger partial charge in [0, 0.05) is 31.6 Å². The molecule has 0 saturated carbocycles. The maximum atomic E-state index is 13.8. The van der Waals surface area contributed by atoms with Crippen LogP contribution in [0.5, 0.6) is 0 Å². The van der Waals surface area contributed by atoms with Crippen molar-refractivity contribution in [3.63, 3.8) is 0 Å². The Morgan fingerprint density at radius 3 is 2.24 bits per heavy atom. The summed E-state index contributed by atoms with van der Waals surface area (Å²) in [5.41, 5.74) is -1.32. The molecular weight excluding hydrogens is 228 g/mol. The summed E-state index contributed by atoms with van der Waals surface area (Å²) in [6.07, 6.45) is -0.0839. The molecule has 0 bridgehead atoms. The first-order valence-corrected chi connectivity index (χ1v) is 5.44.